The van der Waals surface area contributed by atoms with Crippen LogP contribution in [0.5, 0.6) is 0 Å². The zero-order chi connectivity index (χ0) is 16.8. The van der Waals surface area contributed by atoms with Crippen LogP contribution in [0.4, 0.5) is 5.13 Å². The van der Waals surface area contributed by atoms with Crippen molar-refractivity contribution in [2.24, 2.45) is 0 Å². The largest absolute Gasteiger partial charge is 0.301 e. The van der Waals surface area contributed by atoms with Crippen LogP contribution in [0.3, 0.4) is 0 Å². The maximum absolute atomic E-state index is 12.7. The zero-order valence-electron chi connectivity index (χ0n) is 13.5. The SMILES string of the molecule is CCCC(C(=O)Nc1nc(-c2ccccn2)cs1)c1ccccc1. The molecule has 3 rings (SSSR count). The summed E-state index contributed by atoms with van der Waals surface area (Å²) in [5, 5.41) is 5.48. The summed E-state index contributed by atoms with van der Waals surface area (Å²) in [6.45, 7) is 2.09. The number of pyridine rings is 1. The molecule has 24 heavy (non-hydrogen) atoms. The highest BCUT2D eigenvalue weighted by molar-refractivity contribution is 7.14. The minimum absolute atomic E-state index is 0.00929. The van der Waals surface area contributed by atoms with Gasteiger partial charge in [0, 0.05) is 11.6 Å². The van der Waals surface area contributed by atoms with Gasteiger partial charge < -0.3 is 5.32 Å². The van der Waals surface area contributed by atoms with Crippen molar-refractivity contribution < 1.29 is 4.79 Å². The van der Waals surface area contributed by atoms with Gasteiger partial charge in [0.25, 0.3) is 0 Å². The maximum Gasteiger partial charge on any atom is 0.233 e. The Bertz CT molecular complexity index is 787. The van der Waals surface area contributed by atoms with Crippen molar-refractivity contribution in [1.82, 2.24) is 9.97 Å². The average Bonchev–Trinajstić information content (AvgIpc) is 3.09. The Balaban J connectivity index is 1.75. The molecule has 0 spiro atoms. The number of benzene rings is 1. The first-order chi connectivity index (χ1) is 11.8. The van der Waals surface area contributed by atoms with E-state index in [0.29, 0.717) is 5.13 Å². The third-order valence-corrected chi connectivity index (χ3v) is 4.52. The molecule has 4 nitrogen and oxygen atoms in total. The number of aromatic nitrogens is 2. The third kappa shape index (κ3) is 3.86. The van der Waals surface area contributed by atoms with E-state index in [4.69, 9.17) is 0 Å². The van der Waals surface area contributed by atoms with E-state index in [2.05, 4.69) is 22.2 Å². The first-order valence-corrected chi connectivity index (χ1v) is 8.88. The Morgan fingerprint density at radius 1 is 1.12 bits per heavy atom. The smallest absolute Gasteiger partial charge is 0.233 e. The molecule has 0 radical (unpaired) electrons. The van der Waals surface area contributed by atoms with Crippen molar-refractivity contribution in [3.8, 4) is 11.4 Å². The fraction of sp³-hybridized carbons (Fsp3) is 0.211. The summed E-state index contributed by atoms with van der Waals surface area (Å²) in [4.78, 5) is 21.5. The number of hydrogen-bond acceptors (Lipinski definition) is 4. The van der Waals surface area contributed by atoms with Crippen LogP contribution >= 0.6 is 11.3 Å². The number of thiazole rings is 1. The number of hydrogen-bond donors (Lipinski definition) is 1. The normalized spacial score (nSPS) is 11.9. The van der Waals surface area contributed by atoms with Gasteiger partial charge in [-0.05, 0) is 24.1 Å². The summed E-state index contributed by atoms with van der Waals surface area (Å²) < 4.78 is 0. The summed E-state index contributed by atoms with van der Waals surface area (Å²) in [7, 11) is 0. The molecule has 2 heterocycles. The highest BCUT2D eigenvalue weighted by Gasteiger charge is 2.20. The van der Waals surface area contributed by atoms with Gasteiger partial charge in [0.05, 0.1) is 11.6 Å². The summed E-state index contributed by atoms with van der Waals surface area (Å²) in [6, 6.07) is 15.6. The predicted molar refractivity (Wildman–Crippen MR) is 98.1 cm³/mol. The highest BCUT2D eigenvalue weighted by Crippen LogP contribution is 2.26. The minimum Gasteiger partial charge on any atom is -0.301 e. The van der Waals surface area contributed by atoms with Gasteiger partial charge in [-0.2, -0.15) is 0 Å². The number of amides is 1. The van der Waals surface area contributed by atoms with Gasteiger partial charge in [0.15, 0.2) is 5.13 Å². The quantitative estimate of drug-likeness (QED) is 0.707. The van der Waals surface area contributed by atoms with E-state index >= 15 is 0 Å². The highest BCUT2D eigenvalue weighted by atomic mass is 32.1. The molecule has 1 aromatic carbocycles. The lowest BCUT2D eigenvalue weighted by Gasteiger charge is -2.15. The summed E-state index contributed by atoms with van der Waals surface area (Å²) >= 11 is 1.42. The van der Waals surface area contributed by atoms with E-state index in [1.54, 1.807) is 6.20 Å². The maximum atomic E-state index is 12.7. The summed E-state index contributed by atoms with van der Waals surface area (Å²) in [5.74, 6) is -0.164. The molecule has 0 bridgehead atoms. The molecule has 122 valence electrons. The van der Waals surface area contributed by atoms with E-state index in [9.17, 15) is 4.79 Å². The Morgan fingerprint density at radius 3 is 2.62 bits per heavy atom. The molecular weight excluding hydrogens is 318 g/mol. The number of carbonyl (C=O) groups excluding carboxylic acids is 1. The minimum atomic E-state index is -0.154. The van der Waals surface area contributed by atoms with Crippen LogP contribution in [0.25, 0.3) is 11.4 Å². The van der Waals surface area contributed by atoms with Crippen LogP contribution < -0.4 is 5.32 Å². The van der Waals surface area contributed by atoms with Gasteiger partial charge >= 0.3 is 0 Å². The van der Waals surface area contributed by atoms with Gasteiger partial charge in [0.1, 0.15) is 5.69 Å². The topological polar surface area (TPSA) is 54.9 Å². The van der Waals surface area contributed by atoms with Gasteiger partial charge in [-0.15, -0.1) is 11.3 Å². The van der Waals surface area contributed by atoms with E-state index in [0.717, 1.165) is 29.8 Å². The number of nitrogens with zero attached hydrogens (tertiary/aromatic N) is 2. The van der Waals surface area contributed by atoms with E-state index in [-0.39, 0.29) is 11.8 Å². The molecule has 0 fully saturated rings. The van der Waals surface area contributed by atoms with Crippen molar-refractivity contribution in [2.45, 2.75) is 25.7 Å². The molecule has 0 saturated carbocycles. The second kappa shape index (κ2) is 7.84. The molecule has 0 aliphatic heterocycles. The number of anilines is 1. The Kier molecular flexibility index (Phi) is 5.33. The van der Waals surface area contributed by atoms with Crippen LogP contribution in [0, 0.1) is 0 Å². The van der Waals surface area contributed by atoms with Gasteiger partial charge in [0.2, 0.25) is 5.91 Å². The third-order valence-electron chi connectivity index (χ3n) is 3.76. The molecule has 3 aromatic rings. The number of rotatable bonds is 6. The lowest BCUT2D eigenvalue weighted by Crippen LogP contribution is -2.21. The number of nitrogens with one attached hydrogen (secondary N) is 1. The summed E-state index contributed by atoms with van der Waals surface area (Å²) in [5.41, 5.74) is 2.63. The summed E-state index contributed by atoms with van der Waals surface area (Å²) in [6.07, 6.45) is 3.50. The second-order valence-electron chi connectivity index (χ2n) is 5.49. The van der Waals surface area contributed by atoms with Crippen molar-refractivity contribution in [3.63, 3.8) is 0 Å². The zero-order valence-corrected chi connectivity index (χ0v) is 14.3. The van der Waals surface area contributed by atoms with Crippen LogP contribution in [0.2, 0.25) is 0 Å². The second-order valence-corrected chi connectivity index (χ2v) is 6.35. The molecule has 0 aliphatic rings. The number of carbonyl (C=O) groups is 1. The molecule has 5 heteroatoms. The fourth-order valence-corrected chi connectivity index (χ4v) is 3.29. The van der Waals surface area contributed by atoms with Crippen LogP contribution in [0.15, 0.2) is 60.1 Å². The van der Waals surface area contributed by atoms with E-state index in [1.807, 2.05) is 53.9 Å². The molecule has 1 amide bonds. The lowest BCUT2D eigenvalue weighted by atomic mass is 9.94. The Labute approximate surface area is 145 Å². The molecule has 0 aliphatic carbocycles. The van der Waals surface area contributed by atoms with Crippen molar-refractivity contribution in [2.75, 3.05) is 5.32 Å². The first-order valence-electron chi connectivity index (χ1n) is 8.00. The average molecular weight is 337 g/mol. The Morgan fingerprint density at radius 2 is 1.92 bits per heavy atom. The lowest BCUT2D eigenvalue weighted by molar-refractivity contribution is -0.117. The molecule has 2 aromatic heterocycles. The van der Waals surface area contributed by atoms with Crippen LogP contribution in [-0.4, -0.2) is 15.9 Å². The van der Waals surface area contributed by atoms with Gasteiger partial charge in [-0.25, -0.2) is 4.98 Å². The first kappa shape index (κ1) is 16.3. The Hall–Kier alpha value is -2.53. The van der Waals surface area contributed by atoms with Crippen LogP contribution in [-0.2, 0) is 4.79 Å². The molecule has 1 atom stereocenters. The standard InChI is InChI=1S/C19H19N3OS/c1-2-8-15(14-9-4-3-5-10-14)18(23)22-19-21-17(13-24-19)16-11-6-7-12-20-16/h3-7,9-13,15H,2,8H2,1H3,(H,21,22,23). The van der Waals surface area contributed by atoms with Crippen molar-refractivity contribution in [3.05, 3.63) is 65.7 Å². The van der Waals surface area contributed by atoms with Gasteiger partial charge in [-0.3, -0.25) is 9.78 Å². The van der Waals surface area contributed by atoms with Crippen molar-refractivity contribution >= 4 is 22.4 Å². The molecule has 0 saturated heterocycles. The predicted octanol–water partition coefficient (Wildman–Crippen LogP) is 4.73. The monoisotopic (exact) mass is 337 g/mol. The molecule has 1 N–H and O–H groups in total. The van der Waals surface area contributed by atoms with Gasteiger partial charge in [-0.1, -0.05) is 49.7 Å². The molecular formula is C19H19N3OS. The van der Waals surface area contributed by atoms with E-state index in [1.165, 1.54) is 11.3 Å². The van der Waals surface area contributed by atoms with E-state index < -0.39 is 0 Å². The fourth-order valence-electron chi connectivity index (χ4n) is 2.58. The molecule has 1 unspecified atom stereocenters. The van der Waals surface area contributed by atoms with Crippen LogP contribution in [0.1, 0.15) is 31.2 Å². The van der Waals surface area contributed by atoms with Crippen molar-refractivity contribution in [1.29, 1.82) is 0 Å².